The molecule has 2 aliphatic rings. The Labute approximate surface area is 214 Å². The summed E-state index contributed by atoms with van der Waals surface area (Å²) in [6.07, 6.45) is 4.02. The highest BCUT2D eigenvalue weighted by atomic mass is 32.2. The third kappa shape index (κ3) is 4.12. The van der Waals surface area contributed by atoms with Crippen LogP contribution >= 0.6 is 11.3 Å². The molecule has 1 aliphatic carbocycles. The minimum Gasteiger partial charge on any atom is -0.310 e. The van der Waals surface area contributed by atoms with Gasteiger partial charge in [-0.2, -0.15) is 14.1 Å². The van der Waals surface area contributed by atoms with E-state index < -0.39 is 15.9 Å². The van der Waals surface area contributed by atoms with E-state index >= 15 is 0 Å². The van der Waals surface area contributed by atoms with Crippen molar-refractivity contribution in [2.24, 2.45) is 5.92 Å². The zero-order chi connectivity index (χ0) is 24.9. The van der Waals surface area contributed by atoms with E-state index in [0.29, 0.717) is 30.3 Å². The molecular weight excluding hydrogens is 494 g/mol. The molecule has 186 valence electrons. The number of carbonyl (C=O) groups is 1. The number of piperidine rings is 1. The van der Waals surface area contributed by atoms with Gasteiger partial charge in [0.2, 0.25) is 21.1 Å². The molecule has 0 radical (unpaired) electrons. The molecule has 1 atom stereocenters. The summed E-state index contributed by atoms with van der Waals surface area (Å²) in [5.41, 5.74) is 3.95. The Balaban J connectivity index is 1.26. The first kappa shape index (κ1) is 23.3. The number of aryl methyl sites for hydroxylation is 2. The maximum Gasteiger partial charge on any atom is 0.243 e. The minimum absolute atomic E-state index is 0.166. The number of aromatic nitrogens is 3. The number of hydrogen-bond acceptors (Lipinski definition) is 6. The van der Waals surface area contributed by atoms with Crippen LogP contribution in [0.2, 0.25) is 0 Å². The fourth-order valence-electron chi connectivity index (χ4n) is 5.06. The molecule has 6 rings (SSSR count). The number of fused-ring (bicyclic) bond motifs is 2. The molecule has 0 bridgehead atoms. The molecule has 0 spiro atoms. The van der Waals surface area contributed by atoms with Crippen LogP contribution in [0.1, 0.15) is 36.1 Å². The van der Waals surface area contributed by atoms with Crippen molar-refractivity contribution < 1.29 is 13.2 Å². The van der Waals surface area contributed by atoms with Crippen molar-refractivity contribution in [3.05, 3.63) is 65.4 Å². The zero-order valence-electron chi connectivity index (χ0n) is 20.0. The molecule has 1 aliphatic heterocycles. The molecule has 2 aromatic carbocycles. The number of nitrogens with zero attached hydrogens (tertiary/aromatic N) is 4. The average Bonchev–Trinajstić information content (AvgIpc) is 3.60. The van der Waals surface area contributed by atoms with Crippen molar-refractivity contribution in [2.45, 2.75) is 43.9 Å². The predicted molar refractivity (Wildman–Crippen MR) is 140 cm³/mol. The molecule has 2 aromatic heterocycles. The number of thiazole rings is 1. The van der Waals surface area contributed by atoms with E-state index in [1.165, 1.54) is 15.6 Å². The Bertz CT molecular complexity index is 1520. The van der Waals surface area contributed by atoms with Crippen LogP contribution in [-0.2, 0) is 27.7 Å². The van der Waals surface area contributed by atoms with E-state index in [1.54, 1.807) is 28.9 Å². The summed E-state index contributed by atoms with van der Waals surface area (Å²) >= 11 is 1.54. The summed E-state index contributed by atoms with van der Waals surface area (Å²) in [6.45, 7) is 2.51. The second-order valence-electron chi connectivity index (χ2n) is 9.51. The zero-order valence-corrected chi connectivity index (χ0v) is 21.6. The maximum absolute atomic E-state index is 13.5. The van der Waals surface area contributed by atoms with Crippen molar-refractivity contribution >= 4 is 43.3 Å². The van der Waals surface area contributed by atoms with E-state index in [1.807, 2.05) is 31.2 Å². The number of nitrogens with one attached hydrogen (secondary N) is 1. The van der Waals surface area contributed by atoms with Gasteiger partial charge in [0.05, 0.1) is 26.7 Å². The number of benzene rings is 2. The third-order valence-electron chi connectivity index (χ3n) is 7.03. The first-order valence-corrected chi connectivity index (χ1v) is 14.5. The number of para-hydroxylation sites is 1. The molecule has 10 heteroatoms. The second kappa shape index (κ2) is 9.10. The molecule has 1 amide bonds. The molecule has 4 aromatic rings. The van der Waals surface area contributed by atoms with Crippen LogP contribution in [0.4, 0.5) is 5.82 Å². The van der Waals surface area contributed by atoms with E-state index in [-0.39, 0.29) is 17.3 Å². The van der Waals surface area contributed by atoms with Gasteiger partial charge in [0.15, 0.2) is 0 Å². The van der Waals surface area contributed by atoms with Gasteiger partial charge in [-0.15, -0.1) is 0 Å². The first-order valence-electron chi connectivity index (χ1n) is 12.2. The predicted octanol–water partition coefficient (Wildman–Crippen LogP) is 4.32. The average molecular weight is 522 g/mol. The summed E-state index contributed by atoms with van der Waals surface area (Å²) in [5.74, 6) is 0.0654. The molecule has 3 heterocycles. The molecule has 0 saturated carbocycles. The molecule has 1 saturated heterocycles. The SMILES string of the molecule is Cc1ccc(S(=O)(=O)N2CCC[C@@H](C(=O)Nc3c4c(nn3-c3nc5ccccc5s3)CCC4)C2)cc1. The van der Waals surface area contributed by atoms with Crippen LogP contribution in [0.15, 0.2) is 53.4 Å². The largest absolute Gasteiger partial charge is 0.310 e. The van der Waals surface area contributed by atoms with Gasteiger partial charge in [-0.25, -0.2) is 13.4 Å². The van der Waals surface area contributed by atoms with Gasteiger partial charge in [0.25, 0.3) is 0 Å². The highest BCUT2D eigenvalue weighted by Crippen LogP contribution is 2.34. The monoisotopic (exact) mass is 521 g/mol. The fraction of sp³-hybridized carbons (Fsp3) is 0.346. The topological polar surface area (TPSA) is 97.2 Å². The molecule has 1 fully saturated rings. The van der Waals surface area contributed by atoms with Crippen LogP contribution < -0.4 is 5.32 Å². The third-order valence-corrected chi connectivity index (χ3v) is 9.92. The lowest BCUT2D eigenvalue weighted by Crippen LogP contribution is -2.43. The van der Waals surface area contributed by atoms with Crippen molar-refractivity contribution in [3.8, 4) is 5.13 Å². The van der Waals surface area contributed by atoms with Crippen molar-refractivity contribution in [1.82, 2.24) is 19.1 Å². The lowest BCUT2D eigenvalue weighted by atomic mass is 9.99. The lowest BCUT2D eigenvalue weighted by molar-refractivity contribution is -0.120. The standard InChI is InChI=1S/C26H27N5O3S2/c1-17-11-13-19(14-12-17)36(33,34)30-15-5-6-18(16-30)25(32)28-24-20-7-4-9-21(20)29-31(24)26-27-22-8-2-3-10-23(22)35-26/h2-3,8,10-14,18H,4-7,9,15-16H2,1H3,(H,28,32)/t18-/m1/s1. The van der Waals surface area contributed by atoms with Crippen LogP contribution in [0.3, 0.4) is 0 Å². The van der Waals surface area contributed by atoms with E-state index in [2.05, 4.69) is 5.32 Å². The molecule has 8 nitrogen and oxygen atoms in total. The number of rotatable bonds is 5. The quantitative estimate of drug-likeness (QED) is 0.422. The van der Waals surface area contributed by atoms with Crippen LogP contribution in [-0.4, -0.2) is 46.5 Å². The number of anilines is 1. The van der Waals surface area contributed by atoms with Gasteiger partial charge in [-0.1, -0.05) is 41.2 Å². The number of sulfonamides is 1. The van der Waals surface area contributed by atoms with Crippen molar-refractivity contribution in [3.63, 3.8) is 0 Å². The Morgan fingerprint density at radius 2 is 1.89 bits per heavy atom. The van der Waals surface area contributed by atoms with Gasteiger partial charge >= 0.3 is 0 Å². The highest BCUT2D eigenvalue weighted by molar-refractivity contribution is 7.89. The lowest BCUT2D eigenvalue weighted by Gasteiger charge is -2.31. The normalized spacial score (nSPS) is 18.4. The minimum atomic E-state index is -3.66. The Morgan fingerprint density at radius 3 is 2.69 bits per heavy atom. The van der Waals surface area contributed by atoms with Gasteiger partial charge in [0, 0.05) is 18.7 Å². The van der Waals surface area contributed by atoms with Gasteiger partial charge in [-0.3, -0.25) is 4.79 Å². The molecule has 36 heavy (non-hydrogen) atoms. The molecule has 0 unspecified atom stereocenters. The maximum atomic E-state index is 13.5. The Morgan fingerprint density at radius 1 is 1.08 bits per heavy atom. The summed E-state index contributed by atoms with van der Waals surface area (Å²) in [5, 5.41) is 8.64. The summed E-state index contributed by atoms with van der Waals surface area (Å²) in [6, 6.07) is 14.8. The number of hydrogen-bond donors (Lipinski definition) is 1. The van der Waals surface area contributed by atoms with Crippen LogP contribution in [0.5, 0.6) is 0 Å². The van der Waals surface area contributed by atoms with Crippen molar-refractivity contribution in [2.75, 3.05) is 18.4 Å². The van der Waals surface area contributed by atoms with E-state index in [9.17, 15) is 13.2 Å². The fourth-order valence-corrected chi connectivity index (χ4v) is 7.51. The summed E-state index contributed by atoms with van der Waals surface area (Å²) in [7, 11) is -3.66. The van der Waals surface area contributed by atoms with Crippen LogP contribution in [0.25, 0.3) is 15.3 Å². The summed E-state index contributed by atoms with van der Waals surface area (Å²) < 4.78 is 30.7. The van der Waals surface area contributed by atoms with Gasteiger partial charge in [-0.05, 0) is 63.3 Å². The Hall–Kier alpha value is -3.08. The molecular formula is C26H27N5O3S2. The van der Waals surface area contributed by atoms with Gasteiger partial charge < -0.3 is 5.32 Å². The Kier molecular flexibility index (Phi) is 5.89. The first-order chi connectivity index (χ1) is 17.4. The second-order valence-corrected chi connectivity index (χ2v) is 12.5. The number of amides is 1. The molecule has 1 N–H and O–H groups in total. The van der Waals surface area contributed by atoms with E-state index in [0.717, 1.165) is 46.3 Å². The highest BCUT2D eigenvalue weighted by Gasteiger charge is 2.35. The number of carbonyl (C=O) groups excluding carboxylic acids is 1. The smallest absolute Gasteiger partial charge is 0.243 e. The van der Waals surface area contributed by atoms with E-state index in [4.69, 9.17) is 10.1 Å². The van der Waals surface area contributed by atoms with Gasteiger partial charge in [0.1, 0.15) is 5.82 Å². The summed E-state index contributed by atoms with van der Waals surface area (Å²) in [4.78, 5) is 18.5. The van der Waals surface area contributed by atoms with Crippen molar-refractivity contribution in [1.29, 1.82) is 0 Å². The van der Waals surface area contributed by atoms with Crippen LogP contribution in [0, 0.1) is 12.8 Å².